The van der Waals surface area contributed by atoms with Gasteiger partial charge in [0.25, 0.3) is 0 Å². The van der Waals surface area contributed by atoms with Gasteiger partial charge in [-0.1, -0.05) is 13.0 Å². The lowest BCUT2D eigenvalue weighted by atomic mass is 10.1. The largest absolute Gasteiger partial charge is 0.313 e. The molecule has 3 rings (SSSR count). The molecular weight excluding hydrogens is 254 g/mol. The van der Waals surface area contributed by atoms with E-state index in [9.17, 15) is 4.21 Å². The number of fused-ring (bicyclic) bond motifs is 1. The third-order valence-corrected chi connectivity index (χ3v) is 5.76. The molecule has 2 atom stereocenters. The van der Waals surface area contributed by atoms with Crippen molar-refractivity contribution in [3.05, 3.63) is 29.3 Å². The van der Waals surface area contributed by atoms with E-state index in [1.807, 2.05) is 0 Å². The zero-order chi connectivity index (χ0) is 13.2. The third-order valence-electron chi connectivity index (χ3n) is 4.32. The molecule has 0 aromatic heterocycles. The highest BCUT2D eigenvalue weighted by Crippen LogP contribution is 2.33. The Morgan fingerprint density at radius 2 is 2.11 bits per heavy atom. The first-order chi connectivity index (χ1) is 9.28. The summed E-state index contributed by atoms with van der Waals surface area (Å²) in [5.74, 6) is 1.54. The molecule has 0 spiro atoms. The predicted octanol–water partition coefficient (Wildman–Crippen LogP) is 2.67. The van der Waals surface area contributed by atoms with Gasteiger partial charge in [-0.15, -0.1) is 0 Å². The smallest absolute Gasteiger partial charge is 0.0545 e. The first kappa shape index (κ1) is 13.3. The topological polar surface area (TPSA) is 29.1 Å². The van der Waals surface area contributed by atoms with Crippen molar-refractivity contribution >= 4 is 10.8 Å². The molecule has 19 heavy (non-hydrogen) atoms. The Labute approximate surface area is 118 Å². The average Bonchev–Trinajstić information content (AvgIpc) is 3.15. The zero-order valence-electron chi connectivity index (χ0n) is 11.7. The summed E-state index contributed by atoms with van der Waals surface area (Å²) >= 11 is 0. The van der Waals surface area contributed by atoms with Crippen LogP contribution in [0.1, 0.15) is 37.3 Å². The first-order valence-corrected chi connectivity index (χ1v) is 8.83. The van der Waals surface area contributed by atoms with Crippen LogP contribution in [0.25, 0.3) is 0 Å². The second kappa shape index (κ2) is 5.76. The Balaban J connectivity index is 1.69. The summed E-state index contributed by atoms with van der Waals surface area (Å²) in [5, 5.41) is 3.50. The van der Waals surface area contributed by atoms with Gasteiger partial charge in [0, 0.05) is 16.7 Å². The van der Waals surface area contributed by atoms with E-state index in [1.165, 1.54) is 43.2 Å². The van der Waals surface area contributed by atoms with Crippen molar-refractivity contribution in [2.24, 2.45) is 5.92 Å². The van der Waals surface area contributed by atoms with Gasteiger partial charge in [-0.05, 0) is 67.8 Å². The normalized spacial score (nSPS) is 21.1. The van der Waals surface area contributed by atoms with Gasteiger partial charge >= 0.3 is 0 Å². The van der Waals surface area contributed by atoms with E-state index in [2.05, 4.69) is 30.4 Å². The van der Waals surface area contributed by atoms with Crippen LogP contribution in [0.5, 0.6) is 0 Å². The summed E-state index contributed by atoms with van der Waals surface area (Å²) in [6.45, 7) is 3.11. The Bertz CT molecular complexity index is 482. The van der Waals surface area contributed by atoms with E-state index in [1.54, 1.807) is 0 Å². The first-order valence-electron chi connectivity index (χ1n) is 7.51. The molecule has 1 aromatic carbocycles. The monoisotopic (exact) mass is 277 g/mol. The van der Waals surface area contributed by atoms with Crippen LogP contribution >= 0.6 is 0 Å². The van der Waals surface area contributed by atoms with Gasteiger partial charge < -0.3 is 5.32 Å². The van der Waals surface area contributed by atoms with E-state index in [4.69, 9.17) is 0 Å². The van der Waals surface area contributed by atoms with Crippen LogP contribution in [0.2, 0.25) is 0 Å². The van der Waals surface area contributed by atoms with Gasteiger partial charge in [0.2, 0.25) is 0 Å². The summed E-state index contributed by atoms with van der Waals surface area (Å²) in [7, 11) is -0.850. The maximum Gasteiger partial charge on any atom is 0.0545 e. The fourth-order valence-electron chi connectivity index (χ4n) is 3.07. The molecule has 2 aliphatic rings. The van der Waals surface area contributed by atoms with Crippen LogP contribution in [0.15, 0.2) is 23.1 Å². The van der Waals surface area contributed by atoms with Crippen molar-refractivity contribution < 1.29 is 4.21 Å². The molecule has 0 heterocycles. The number of aryl methyl sites for hydroxylation is 2. The van der Waals surface area contributed by atoms with Crippen LogP contribution in [0, 0.1) is 5.92 Å². The number of nitrogens with one attached hydrogen (secondary N) is 1. The van der Waals surface area contributed by atoms with Gasteiger partial charge in [0.15, 0.2) is 0 Å². The minimum atomic E-state index is -0.850. The van der Waals surface area contributed by atoms with Gasteiger partial charge in [-0.2, -0.15) is 0 Å². The van der Waals surface area contributed by atoms with Gasteiger partial charge in [0.05, 0.1) is 10.8 Å². The van der Waals surface area contributed by atoms with Crippen LogP contribution in [0.3, 0.4) is 0 Å². The molecule has 0 saturated heterocycles. The Morgan fingerprint density at radius 3 is 2.84 bits per heavy atom. The van der Waals surface area contributed by atoms with E-state index in [0.717, 1.165) is 23.1 Å². The number of rotatable bonds is 6. The van der Waals surface area contributed by atoms with Crippen LogP contribution in [-0.2, 0) is 23.6 Å². The zero-order valence-corrected chi connectivity index (χ0v) is 12.5. The molecule has 3 heteroatoms. The summed E-state index contributed by atoms with van der Waals surface area (Å²) in [5.41, 5.74) is 2.89. The molecule has 2 nitrogen and oxygen atoms in total. The standard InChI is InChI=1S/C16H23NOS/c1-2-17-16(13-6-7-13)11-19(18)15-9-8-12-4-3-5-14(12)10-15/h8-10,13,16-17H,2-7,11H2,1H3. The van der Waals surface area contributed by atoms with Gasteiger partial charge in [-0.25, -0.2) is 0 Å². The number of benzene rings is 1. The van der Waals surface area contributed by atoms with E-state index in [0.29, 0.717) is 6.04 Å². The maximum absolute atomic E-state index is 12.5. The lowest BCUT2D eigenvalue weighted by Crippen LogP contribution is -2.35. The number of hydrogen-bond donors (Lipinski definition) is 1. The second-order valence-corrected chi connectivity index (χ2v) is 7.29. The highest BCUT2D eigenvalue weighted by Gasteiger charge is 2.32. The molecular formula is C16H23NOS. The quantitative estimate of drug-likeness (QED) is 0.866. The maximum atomic E-state index is 12.5. The Hall–Kier alpha value is -0.670. The predicted molar refractivity (Wildman–Crippen MR) is 79.9 cm³/mol. The third kappa shape index (κ3) is 3.09. The molecule has 104 valence electrons. The molecule has 1 aromatic rings. The molecule has 0 radical (unpaired) electrons. The lowest BCUT2D eigenvalue weighted by molar-refractivity contribution is 0.514. The van der Waals surface area contributed by atoms with Crippen molar-refractivity contribution in [2.45, 2.75) is 50.0 Å². The fourth-order valence-corrected chi connectivity index (χ4v) is 4.47. The second-order valence-electron chi connectivity index (χ2n) is 5.80. The molecule has 2 unspecified atom stereocenters. The van der Waals surface area contributed by atoms with Crippen LogP contribution < -0.4 is 5.32 Å². The highest BCUT2D eigenvalue weighted by atomic mass is 32.2. The SMILES string of the molecule is CCNC(CS(=O)c1ccc2c(c1)CCC2)C1CC1. The van der Waals surface area contributed by atoms with Crippen molar-refractivity contribution in [1.82, 2.24) is 5.32 Å². The van der Waals surface area contributed by atoms with Gasteiger partial charge in [-0.3, -0.25) is 4.21 Å². The molecule has 0 aliphatic heterocycles. The van der Waals surface area contributed by atoms with Crippen molar-refractivity contribution in [1.29, 1.82) is 0 Å². The summed E-state index contributed by atoms with van der Waals surface area (Å²) in [6, 6.07) is 6.90. The molecule has 1 fully saturated rings. The summed E-state index contributed by atoms with van der Waals surface area (Å²) in [4.78, 5) is 1.03. The van der Waals surface area contributed by atoms with Crippen molar-refractivity contribution in [2.75, 3.05) is 12.3 Å². The highest BCUT2D eigenvalue weighted by molar-refractivity contribution is 7.85. The summed E-state index contributed by atoms with van der Waals surface area (Å²) in [6.07, 6.45) is 6.23. The average molecular weight is 277 g/mol. The van der Waals surface area contributed by atoms with Gasteiger partial charge in [0.1, 0.15) is 0 Å². The fraction of sp³-hybridized carbons (Fsp3) is 0.625. The molecule has 2 aliphatic carbocycles. The van der Waals surface area contributed by atoms with Crippen LogP contribution in [-0.4, -0.2) is 22.5 Å². The molecule has 0 amide bonds. The Morgan fingerprint density at radius 1 is 1.32 bits per heavy atom. The molecule has 1 saturated carbocycles. The minimum absolute atomic E-state index is 0.444. The van der Waals surface area contributed by atoms with Crippen molar-refractivity contribution in [3.63, 3.8) is 0 Å². The van der Waals surface area contributed by atoms with E-state index < -0.39 is 10.8 Å². The minimum Gasteiger partial charge on any atom is -0.313 e. The van der Waals surface area contributed by atoms with E-state index in [-0.39, 0.29) is 0 Å². The molecule has 1 N–H and O–H groups in total. The lowest BCUT2D eigenvalue weighted by Gasteiger charge is -2.17. The molecule has 0 bridgehead atoms. The van der Waals surface area contributed by atoms with Crippen LogP contribution in [0.4, 0.5) is 0 Å². The number of hydrogen-bond acceptors (Lipinski definition) is 2. The van der Waals surface area contributed by atoms with E-state index >= 15 is 0 Å². The Kier molecular flexibility index (Phi) is 4.04. The summed E-state index contributed by atoms with van der Waals surface area (Å²) < 4.78 is 12.5. The van der Waals surface area contributed by atoms with Crippen molar-refractivity contribution in [3.8, 4) is 0 Å².